The standard InChI is InChI=1S/C19H24N4O4/c1-11(22-18(25)27-19(2,3)4)16(24)26-15-7-5-6-12-10-13(23-17(20)21)8-9-14(12)15/h5-11H,1-4H3,(H,22,25)(H4,20,21,23)/t11-/m1/s1. The van der Waals surface area contributed by atoms with Gasteiger partial charge in [0.05, 0.1) is 5.69 Å². The summed E-state index contributed by atoms with van der Waals surface area (Å²) in [5, 5.41) is 3.97. The average Bonchev–Trinajstić information content (AvgIpc) is 2.52. The van der Waals surface area contributed by atoms with E-state index in [4.69, 9.17) is 20.9 Å². The predicted octanol–water partition coefficient (Wildman–Crippen LogP) is 2.56. The van der Waals surface area contributed by atoms with Crippen LogP contribution in [0.2, 0.25) is 0 Å². The molecular formula is C19H24N4O4. The molecule has 0 radical (unpaired) electrons. The molecule has 0 bridgehead atoms. The van der Waals surface area contributed by atoms with Gasteiger partial charge in [-0.2, -0.15) is 0 Å². The van der Waals surface area contributed by atoms with Crippen LogP contribution < -0.4 is 21.5 Å². The van der Waals surface area contributed by atoms with Gasteiger partial charge in [-0.05, 0) is 57.3 Å². The first kappa shape index (κ1) is 20.0. The molecule has 0 aliphatic carbocycles. The molecule has 144 valence electrons. The predicted molar refractivity (Wildman–Crippen MR) is 104 cm³/mol. The SMILES string of the molecule is C[C@@H](NC(=O)OC(C)(C)C)C(=O)Oc1cccc2cc(N=C(N)N)ccc12. The van der Waals surface area contributed by atoms with E-state index in [-0.39, 0.29) is 5.96 Å². The minimum Gasteiger partial charge on any atom is -0.444 e. The molecule has 0 heterocycles. The summed E-state index contributed by atoms with van der Waals surface area (Å²) in [5.41, 5.74) is 10.7. The van der Waals surface area contributed by atoms with Crippen molar-refractivity contribution in [2.24, 2.45) is 16.5 Å². The molecule has 0 saturated heterocycles. The van der Waals surface area contributed by atoms with Crippen LogP contribution in [-0.2, 0) is 9.53 Å². The third kappa shape index (κ3) is 5.88. The maximum absolute atomic E-state index is 12.3. The molecule has 0 spiro atoms. The third-order valence-corrected chi connectivity index (χ3v) is 3.38. The summed E-state index contributed by atoms with van der Waals surface area (Å²) in [6, 6.07) is 9.62. The van der Waals surface area contributed by atoms with Gasteiger partial charge in [0.1, 0.15) is 17.4 Å². The maximum atomic E-state index is 12.3. The number of nitrogens with one attached hydrogen (secondary N) is 1. The largest absolute Gasteiger partial charge is 0.444 e. The van der Waals surface area contributed by atoms with E-state index in [1.165, 1.54) is 6.92 Å². The molecule has 2 aromatic carbocycles. The number of hydrogen-bond donors (Lipinski definition) is 3. The molecule has 0 unspecified atom stereocenters. The molecule has 8 heteroatoms. The number of amides is 1. The van der Waals surface area contributed by atoms with Gasteiger partial charge in [-0.25, -0.2) is 14.6 Å². The zero-order chi connectivity index (χ0) is 20.2. The summed E-state index contributed by atoms with van der Waals surface area (Å²) in [6.45, 7) is 6.74. The van der Waals surface area contributed by atoms with Gasteiger partial charge in [0.15, 0.2) is 5.96 Å². The van der Waals surface area contributed by atoms with Crippen LogP contribution in [0.15, 0.2) is 41.4 Å². The van der Waals surface area contributed by atoms with Crippen molar-refractivity contribution in [3.8, 4) is 5.75 Å². The van der Waals surface area contributed by atoms with E-state index in [9.17, 15) is 9.59 Å². The summed E-state index contributed by atoms with van der Waals surface area (Å²) < 4.78 is 10.6. The fourth-order valence-corrected chi connectivity index (χ4v) is 2.29. The number of carbonyl (C=O) groups excluding carboxylic acids is 2. The second-order valence-corrected chi connectivity index (χ2v) is 6.99. The van der Waals surface area contributed by atoms with Crippen molar-refractivity contribution in [1.29, 1.82) is 0 Å². The van der Waals surface area contributed by atoms with Crippen molar-refractivity contribution in [3.63, 3.8) is 0 Å². The van der Waals surface area contributed by atoms with Gasteiger partial charge in [0.2, 0.25) is 0 Å². The van der Waals surface area contributed by atoms with Crippen LogP contribution in [0, 0.1) is 0 Å². The first-order chi connectivity index (χ1) is 12.5. The second kappa shape index (κ2) is 7.94. The number of benzene rings is 2. The van der Waals surface area contributed by atoms with Crippen molar-refractivity contribution in [3.05, 3.63) is 36.4 Å². The van der Waals surface area contributed by atoms with Gasteiger partial charge in [-0.15, -0.1) is 0 Å². The lowest BCUT2D eigenvalue weighted by atomic mass is 10.1. The van der Waals surface area contributed by atoms with E-state index in [0.29, 0.717) is 16.8 Å². The average molecular weight is 372 g/mol. The molecular weight excluding hydrogens is 348 g/mol. The number of nitrogens with zero attached hydrogens (tertiary/aromatic N) is 1. The van der Waals surface area contributed by atoms with Crippen molar-refractivity contribution < 1.29 is 19.1 Å². The molecule has 27 heavy (non-hydrogen) atoms. The van der Waals surface area contributed by atoms with Crippen LogP contribution in [0.1, 0.15) is 27.7 Å². The molecule has 8 nitrogen and oxygen atoms in total. The van der Waals surface area contributed by atoms with E-state index in [1.807, 2.05) is 6.07 Å². The molecule has 0 fully saturated rings. The Kier molecular flexibility index (Phi) is 5.89. The molecule has 1 atom stereocenters. The Bertz CT molecular complexity index is 883. The zero-order valence-corrected chi connectivity index (χ0v) is 15.8. The van der Waals surface area contributed by atoms with Gasteiger partial charge < -0.3 is 26.3 Å². The number of ether oxygens (including phenoxy) is 2. The Balaban J connectivity index is 2.14. The van der Waals surface area contributed by atoms with Crippen LogP contribution in [0.4, 0.5) is 10.5 Å². The number of hydrogen-bond acceptors (Lipinski definition) is 5. The molecule has 0 aromatic heterocycles. The van der Waals surface area contributed by atoms with E-state index < -0.39 is 23.7 Å². The highest BCUT2D eigenvalue weighted by atomic mass is 16.6. The van der Waals surface area contributed by atoms with Gasteiger partial charge in [-0.3, -0.25) is 0 Å². The quantitative estimate of drug-likeness (QED) is 0.327. The van der Waals surface area contributed by atoms with Crippen molar-refractivity contribution in [2.45, 2.75) is 39.3 Å². The van der Waals surface area contributed by atoms with E-state index in [1.54, 1.807) is 51.1 Å². The molecule has 0 saturated carbocycles. The molecule has 1 amide bonds. The molecule has 0 aliphatic rings. The highest BCUT2D eigenvalue weighted by Crippen LogP contribution is 2.29. The van der Waals surface area contributed by atoms with Gasteiger partial charge in [0.25, 0.3) is 0 Å². The molecule has 5 N–H and O–H groups in total. The van der Waals surface area contributed by atoms with Crippen molar-refractivity contribution in [2.75, 3.05) is 0 Å². The summed E-state index contributed by atoms with van der Waals surface area (Å²) in [6.07, 6.45) is -0.688. The number of rotatable bonds is 4. The van der Waals surface area contributed by atoms with Gasteiger partial charge in [0, 0.05) is 5.39 Å². The highest BCUT2D eigenvalue weighted by molar-refractivity contribution is 5.94. The molecule has 2 rings (SSSR count). The van der Waals surface area contributed by atoms with E-state index in [0.717, 1.165) is 5.39 Å². The van der Waals surface area contributed by atoms with Crippen LogP contribution >= 0.6 is 0 Å². The minimum absolute atomic E-state index is 0.0426. The summed E-state index contributed by atoms with van der Waals surface area (Å²) in [4.78, 5) is 28.1. The Morgan fingerprint density at radius 2 is 1.85 bits per heavy atom. The minimum atomic E-state index is -0.879. The number of esters is 1. The van der Waals surface area contributed by atoms with Gasteiger partial charge in [-0.1, -0.05) is 12.1 Å². The number of alkyl carbamates (subject to hydrolysis) is 1. The van der Waals surface area contributed by atoms with Crippen LogP contribution in [-0.4, -0.2) is 29.7 Å². The number of aliphatic imine (C=N–C) groups is 1. The Labute approximate surface area is 157 Å². The lowest BCUT2D eigenvalue weighted by Gasteiger charge is -2.21. The topological polar surface area (TPSA) is 129 Å². The smallest absolute Gasteiger partial charge is 0.408 e. The number of guanidine groups is 1. The van der Waals surface area contributed by atoms with Crippen LogP contribution in [0.25, 0.3) is 10.8 Å². The van der Waals surface area contributed by atoms with E-state index in [2.05, 4.69) is 10.3 Å². The van der Waals surface area contributed by atoms with Crippen LogP contribution in [0.3, 0.4) is 0 Å². The zero-order valence-electron chi connectivity index (χ0n) is 15.8. The fraction of sp³-hybridized carbons (Fsp3) is 0.316. The number of nitrogens with two attached hydrogens (primary N) is 2. The van der Waals surface area contributed by atoms with Gasteiger partial charge >= 0.3 is 12.1 Å². The maximum Gasteiger partial charge on any atom is 0.408 e. The fourth-order valence-electron chi connectivity index (χ4n) is 2.29. The number of carbonyl (C=O) groups is 2. The lowest BCUT2D eigenvalue weighted by molar-refractivity contribution is -0.136. The summed E-state index contributed by atoms with van der Waals surface area (Å²) >= 11 is 0. The second-order valence-electron chi connectivity index (χ2n) is 6.99. The normalized spacial score (nSPS) is 12.1. The third-order valence-electron chi connectivity index (χ3n) is 3.38. The molecule has 0 aliphatic heterocycles. The van der Waals surface area contributed by atoms with E-state index >= 15 is 0 Å². The first-order valence-corrected chi connectivity index (χ1v) is 8.39. The van der Waals surface area contributed by atoms with Crippen molar-refractivity contribution in [1.82, 2.24) is 5.32 Å². The first-order valence-electron chi connectivity index (χ1n) is 8.39. The monoisotopic (exact) mass is 372 g/mol. The Morgan fingerprint density at radius 3 is 2.48 bits per heavy atom. The summed E-state index contributed by atoms with van der Waals surface area (Å²) in [5.74, 6) is -0.285. The molecule has 2 aromatic rings. The summed E-state index contributed by atoms with van der Waals surface area (Å²) in [7, 11) is 0. The lowest BCUT2D eigenvalue weighted by Crippen LogP contribution is -2.43. The number of fused-ring (bicyclic) bond motifs is 1. The Morgan fingerprint density at radius 1 is 1.15 bits per heavy atom. The highest BCUT2D eigenvalue weighted by Gasteiger charge is 2.22. The van der Waals surface area contributed by atoms with Crippen molar-refractivity contribution >= 4 is 34.5 Å². The Hall–Kier alpha value is -3.29. The van der Waals surface area contributed by atoms with Crippen LogP contribution in [0.5, 0.6) is 5.75 Å².